The quantitative estimate of drug-likeness (QED) is 0.843. The Morgan fingerprint density at radius 1 is 0.944 bits per heavy atom. The fourth-order valence-corrected chi connectivity index (χ4v) is 1.97. The molecule has 0 atom stereocenters. The SMILES string of the molecule is Nc1ccc(OCc2c(Cl)cccc2Cl)cc1N. The first kappa shape index (κ1) is 12.9. The Morgan fingerprint density at radius 2 is 1.61 bits per heavy atom. The summed E-state index contributed by atoms with van der Waals surface area (Å²) in [5.74, 6) is 0.623. The van der Waals surface area contributed by atoms with E-state index in [1.807, 2.05) is 0 Å². The predicted octanol–water partition coefficient (Wildman–Crippen LogP) is 3.74. The lowest BCUT2D eigenvalue weighted by Gasteiger charge is -2.10. The molecule has 2 aromatic rings. The lowest BCUT2D eigenvalue weighted by Crippen LogP contribution is -1.99. The molecule has 0 unspecified atom stereocenters. The van der Waals surface area contributed by atoms with Crippen molar-refractivity contribution in [2.24, 2.45) is 0 Å². The minimum atomic E-state index is 0.280. The third-order valence-corrected chi connectivity index (χ3v) is 3.21. The van der Waals surface area contributed by atoms with Crippen molar-refractivity contribution in [3.8, 4) is 5.75 Å². The molecule has 0 heterocycles. The van der Waals surface area contributed by atoms with Gasteiger partial charge in [0.15, 0.2) is 0 Å². The molecule has 0 saturated heterocycles. The number of ether oxygens (including phenoxy) is 1. The predicted molar refractivity (Wildman–Crippen MR) is 76.1 cm³/mol. The monoisotopic (exact) mass is 282 g/mol. The van der Waals surface area contributed by atoms with Crippen LogP contribution in [0.15, 0.2) is 36.4 Å². The number of nitrogen functional groups attached to an aromatic ring is 2. The Labute approximate surface area is 115 Å². The summed E-state index contributed by atoms with van der Waals surface area (Å²) < 4.78 is 5.59. The zero-order chi connectivity index (χ0) is 13.1. The summed E-state index contributed by atoms with van der Waals surface area (Å²) in [5, 5.41) is 1.15. The van der Waals surface area contributed by atoms with Gasteiger partial charge in [0.25, 0.3) is 0 Å². The maximum absolute atomic E-state index is 6.04. The van der Waals surface area contributed by atoms with Gasteiger partial charge in [-0.05, 0) is 24.3 Å². The third-order valence-electron chi connectivity index (χ3n) is 2.50. The molecule has 3 nitrogen and oxygen atoms in total. The summed E-state index contributed by atoms with van der Waals surface area (Å²) in [5.41, 5.74) is 13.1. The van der Waals surface area contributed by atoms with E-state index in [9.17, 15) is 0 Å². The van der Waals surface area contributed by atoms with Crippen molar-refractivity contribution >= 4 is 34.6 Å². The van der Waals surface area contributed by atoms with Crippen LogP contribution >= 0.6 is 23.2 Å². The highest BCUT2D eigenvalue weighted by Crippen LogP contribution is 2.27. The Kier molecular flexibility index (Phi) is 3.84. The number of nitrogens with two attached hydrogens (primary N) is 2. The molecule has 18 heavy (non-hydrogen) atoms. The van der Waals surface area contributed by atoms with E-state index in [1.54, 1.807) is 36.4 Å². The number of anilines is 2. The van der Waals surface area contributed by atoms with Crippen molar-refractivity contribution < 1.29 is 4.74 Å². The van der Waals surface area contributed by atoms with E-state index in [2.05, 4.69) is 0 Å². The molecule has 4 N–H and O–H groups in total. The zero-order valence-corrected chi connectivity index (χ0v) is 11.0. The van der Waals surface area contributed by atoms with Crippen molar-refractivity contribution in [1.82, 2.24) is 0 Å². The zero-order valence-electron chi connectivity index (χ0n) is 9.49. The van der Waals surface area contributed by atoms with E-state index in [4.69, 9.17) is 39.4 Å². The lowest BCUT2D eigenvalue weighted by atomic mass is 10.2. The first-order valence-corrected chi connectivity index (χ1v) is 6.04. The topological polar surface area (TPSA) is 61.3 Å². The Balaban J connectivity index is 2.14. The van der Waals surface area contributed by atoms with Gasteiger partial charge in [0.05, 0.1) is 11.4 Å². The minimum absolute atomic E-state index is 0.280. The second-order valence-electron chi connectivity index (χ2n) is 3.78. The summed E-state index contributed by atoms with van der Waals surface area (Å²) >= 11 is 12.1. The highest BCUT2D eigenvalue weighted by molar-refractivity contribution is 6.35. The van der Waals surface area contributed by atoms with Gasteiger partial charge in [-0.3, -0.25) is 0 Å². The molecule has 0 bridgehead atoms. The second kappa shape index (κ2) is 5.38. The first-order chi connectivity index (χ1) is 8.58. The highest BCUT2D eigenvalue weighted by Gasteiger charge is 2.06. The van der Waals surface area contributed by atoms with Gasteiger partial charge in [0, 0.05) is 21.7 Å². The van der Waals surface area contributed by atoms with Crippen molar-refractivity contribution in [2.45, 2.75) is 6.61 Å². The molecule has 0 saturated carbocycles. The number of hydrogen-bond donors (Lipinski definition) is 2. The molecule has 2 aromatic carbocycles. The normalized spacial score (nSPS) is 10.3. The molecule has 0 fully saturated rings. The van der Waals surface area contributed by atoms with Crippen LogP contribution in [0, 0.1) is 0 Å². The molecule has 94 valence electrons. The van der Waals surface area contributed by atoms with Crippen LogP contribution in [0.5, 0.6) is 5.75 Å². The van der Waals surface area contributed by atoms with Crippen LogP contribution in [0.25, 0.3) is 0 Å². The van der Waals surface area contributed by atoms with Gasteiger partial charge in [-0.2, -0.15) is 0 Å². The number of halogens is 2. The Hall–Kier alpha value is -1.58. The van der Waals surface area contributed by atoms with Crippen LogP contribution in [0.3, 0.4) is 0 Å². The van der Waals surface area contributed by atoms with E-state index >= 15 is 0 Å². The fourth-order valence-electron chi connectivity index (χ4n) is 1.47. The van der Waals surface area contributed by atoms with Gasteiger partial charge in [-0.15, -0.1) is 0 Å². The Bertz CT molecular complexity index is 553. The molecule has 0 aliphatic heterocycles. The first-order valence-electron chi connectivity index (χ1n) is 5.28. The maximum atomic E-state index is 6.04. The highest BCUT2D eigenvalue weighted by atomic mass is 35.5. The van der Waals surface area contributed by atoms with Crippen molar-refractivity contribution in [2.75, 3.05) is 11.5 Å². The van der Waals surface area contributed by atoms with E-state index in [0.29, 0.717) is 27.2 Å². The molecule has 0 aliphatic carbocycles. The smallest absolute Gasteiger partial charge is 0.122 e. The number of rotatable bonds is 3. The van der Waals surface area contributed by atoms with Gasteiger partial charge in [-0.1, -0.05) is 29.3 Å². The largest absolute Gasteiger partial charge is 0.489 e. The van der Waals surface area contributed by atoms with E-state index in [1.165, 1.54) is 0 Å². The summed E-state index contributed by atoms with van der Waals surface area (Å²) in [7, 11) is 0. The van der Waals surface area contributed by atoms with E-state index < -0.39 is 0 Å². The van der Waals surface area contributed by atoms with Gasteiger partial charge in [0.2, 0.25) is 0 Å². The number of benzene rings is 2. The summed E-state index contributed by atoms with van der Waals surface area (Å²) in [6.45, 7) is 0.280. The van der Waals surface area contributed by atoms with Crippen molar-refractivity contribution in [1.29, 1.82) is 0 Å². The number of hydrogen-bond acceptors (Lipinski definition) is 3. The standard InChI is InChI=1S/C13H12Cl2N2O/c14-10-2-1-3-11(15)9(10)7-18-8-4-5-12(16)13(17)6-8/h1-6H,7,16-17H2. The molecule has 0 radical (unpaired) electrons. The maximum Gasteiger partial charge on any atom is 0.122 e. The molecular formula is C13H12Cl2N2O. The van der Waals surface area contributed by atoms with Gasteiger partial charge in [0.1, 0.15) is 12.4 Å². The van der Waals surface area contributed by atoms with Crippen LogP contribution in [0.2, 0.25) is 10.0 Å². The van der Waals surface area contributed by atoms with E-state index in [-0.39, 0.29) is 6.61 Å². The molecule has 0 aliphatic rings. The molecule has 5 heteroatoms. The summed E-state index contributed by atoms with van der Waals surface area (Å²) in [4.78, 5) is 0. The average molecular weight is 283 g/mol. The van der Waals surface area contributed by atoms with Crippen LogP contribution < -0.4 is 16.2 Å². The Morgan fingerprint density at radius 3 is 2.22 bits per heavy atom. The fraction of sp³-hybridized carbons (Fsp3) is 0.0769. The third kappa shape index (κ3) is 2.81. The van der Waals surface area contributed by atoms with Crippen LogP contribution in [-0.4, -0.2) is 0 Å². The van der Waals surface area contributed by atoms with Gasteiger partial charge in [-0.25, -0.2) is 0 Å². The van der Waals surface area contributed by atoms with E-state index in [0.717, 1.165) is 5.56 Å². The average Bonchev–Trinajstić information content (AvgIpc) is 2.33. The van der Waals surface area contributed by atoms with Gasteiger partial charge >= 0.3 is 0 Å². The van der Waals surface area contributed by atoms with Crippen molar-refractivity contribution in [3.05, 3.63) is 52.0 Å². The van der Waals surface area contributed by atoms with Gasteiger partial charge < -0.3 is 16.2 Å². The molecule has 0 aromatic heterocycles. The van der Waals surface area contributed by atoms with Crippen LogP contribution in [0.1, 0.15) is 5.56 Å². The summed E-state index contributed by atoms with van der Waals surface area (Å²) in [6, 6.07) is 10.4. The molecule has 0 amide bonds. The molecule has 0 spiro atoms. The summed E-state index contributed by atoms with van der Waals surface area (Å²) in [6.07, 6.45) is 0. The lowest BCUT2D eigenvalue weighted by molar-refractivity contribution is 0.306. The van der Waals surface area contributed by atoms with Crippen LogP contribution in [-0.2, 0) is 6.61 Å². The minimum Gasteiger partial charge on any atom is -0.489 e. The second-order valence-corrected chi connectivity index (χ2v) is 4.59. The molecular weight excluding hydrogens is 271 g/mol. The van der Waals surface area contributed by atoms with Crippen LogP contribution in [0.4, 0.5) is 11.4 Å². The molecule has 2 rings (SSSR count). The van der Waals surface area contributed by atoms with Crippen molar-refractivity contribution in [3.63, 3.8) is 0 Å².